The van der Waals surface area contributed by atoms with Crippen LogP contribution in [0.15, 0.2) is 30.3 Å². The molecule has 0 unspecified atom stereocenters. The molecule has 0 atom stereocenters. The number of aryl methyl sites for hydroxylation is 3. The Labute approximate surface area is 150 Å². The van der Waals surface area contributed by atoms with Crippen molar-refractivity contribution in [1.29, 1.82) is 0 Å². The molecule has 0 fully saturated rings. The van der Waals surface area contributed by atoms with E-state index in [1.165, 1.54) is 11.3 Å². The zero-order valence-corrected chi connectivity index (χ0v) is 15.3. The Kier molecular flexibility index (Phi) is 6.30. The summed E-state index contributed by atoms with van der Waals surface area (Å²) < 4.78 is 0. The first-order valence-electron chi connectivity index (χ1n) is 7.84. The molecule has 3 N–H and O–H groups in total. The van der Waals surface area contributed by atoms with Crippen LogP contribution in [0.2, 0.25) is 0 Å². The van der Waals surface area contributed by atoms with E-state index in [4.69, 9.17) is 0 Å². The fourth-order valence-electron chi connectivity index (χ4n) is 2.24. The van der Waals surface area contributed by atoms with Gasteiger partial charge in [0, 0.05) is 10.6 Å². The van der Waals surface area contributed by atoms with Gasteiger partial charge in [0.1, 0.15) is 0 Å². The summed E-state index contributed by atoms with van der Waals surface area (Å²) in [4.78, 5) is 37.2. The van der Waals surface area contributed by atoms with Crippen molar-refractivity contribution in [1.82, 2.24) is 10.6 Å². The molecule has 2 aromatic rings. The van der Waals surface area contributed by atoms with Gasteiger partial charge in [-0.15, -0.1) is 11.3 Å². The van der Waals surface area contributed by atoms with Gasteiger partial charge in [-0.2, -0.15) is 0 Å². The maximum Gasteiger partial charge on any atom is 0.261 e. The molecule has 0 saturated heterocycles. The van der Waals surface area contributed by atoms with Crippen molar-refractivity contribution in [3.63, 3.8) is 0 Å². The molecular formula is C18H21N3O3S. The van der Waals surface area contributed by atoms with Gasteiger partial charge in [-0.05, 0) is 44.0 Å². The van der Waals surface area contributed by atoms with E-state index < -0.39 is 5.91 Å². The number of amides is 3. The second-order valence-corrected chi connectivity index (χ2v) is 6.97. The molecule has 7 heteroatoms. The average Bonchev–Trinajstić information content (AvgIpc) is 3.01. The molecule has 0 saturated carbocycles. The predicted molar refractivity (Wildman–Crippen MR) is 98.9 cm³/mol. The average molecular weight is 359 g/mol. The van der Waals surface area contributed by atoms with Gasteiger partial charge in [-0.1, -0.05) is 18.2 Å². The van der Waals surface area contributed by atoms with Crippen molar-refractivity contribution >= 4 is 34.7 Å². The van der Waals surface area contributed by atoms with Crippen molar-refractivity contribution in [2.24, 2.45) is 0 Å². The standard InChI is InChI=1S/C18H21N3O3S/c1-11-5-4-6-12(2)17(11)21-16(23)10-19-15(22)9-20-18(24)14-8-7-13(3)25-14/h4-8H,9-10H2,1-3H3,(H,19,22)(H,20,24)(H,21,23). The minimum absolute atomic E-state index is 0.152. The van der Waals surface area contributed by atoms with Gasteiger partial charge < -0.3 is 16.0 Å². The second-order valence-electron chi connectivity index (χ2n) is 5.68. The third kappa shape index (κ3) is 5.42. The number of rotatable bonds is 6. The maximum absolute atomic E-state index is 12.0. The van der Waals surface area contributed by atoms with E-state index in [0.717, 1.165) is 21.7 Å². The van der Waals surface area contributed by atoms with Gasteiger partial charge in [0.25, 0.3) is 5.91 Å². The van der Waals surface area contributed by atoms with Gasteiger partial charge in [-0.3, -0.25) is 14.4 Å². The number of nitrogens with one attached hydrogen (secondary N) is 3. The van der Waals surface area contributed by atoms with Crippen LogP contribution < -0.4 is 16.0 Å². The Bertz CT molecular complexity index is 778. The minimum atomic E-state index is -0.418. The number of thiophene rings is 1. The second kappa shape index (κ2) is 8.43. The number of hydrogen-bond acceptors (Lipinski definition) is 4. The molecule has 1 heterocycles. The van der Waals surface area contributed by atoms with Gasteiger partial charge in [-0.25, -0.2) is 0 Å². The molecule has 0 aliphatic heterocycles. The maximum atomic E-state index is 12.0. The number of hydrogen-bond donors (Lipinski definition) is 3. The largest absolute Gasteiger partial charge is 0.345 e. The van der Waals surface area contributed by atoms with Gasteiger partial charge in [0.05, 0.1) is 18.0 Å². The summed E-state index contributed by atoms with van der Waals surface area (Å²) in [5, 5.41) is 7.81. The molecule has 0 bridgehead atoms. The Morgan fingerprint density at radius 2 is 1.52 bits per heavy atom. The zero-order valence-electron chi connectivity index (χ0n) is 14.4. The van der Waals surface area contributed by atoms with Crippen molar-refractivity contribution in [2.45, 2.75) is 20.8 Å². The van der Waals surface area contributed by atoms with E-state index in [-0.39, 0.29) is 24.9 Å². The summed E-state index contributed by atoms with van der Waals surface area (Å²) in [5.74, 6) is -1.03. The van der Waals surface area contributed by atoms with E-state index in [1.807, 2.05) is 45.0 Å². The SMILES string of the molecule is Cc1ccc(C(=O)NCC(=O)NCC(=O)Nc2c(C)cccc2C)s1. The molecule has 0 aliphatic carbocycles. The van der Waals surface area contributed by atoms with Crippen LogP contribution >= 0.6 is 11.3 Å². The third-order valence-electron chi connectivity index (χ3n) is 3.57. The van der Waals surface area contributed by atoms with Crippen LogP contribution in [0.5, 0.6) is 0 Å². The molecule has 2 rings (SSSR count). The Balaban J connectivity index is 1.76. The summed E-state index contributed by atoms with van der Waals surface area (Å²) >= 11 is 1.36. The monoisotopic (exact) mass is 359 g/mol. The van der Waals surface area contributed by atoms with E-state index in [9.17, 15) is 14.4 Å². The van der Waals surface area contributed by atoms with Crippen LogP contribution in [-0.2, 0) is 9.59 Å². The molecule has 25 heavy (non-hydrogen) atoms. The van der Waals surface area contributed by atoms with Crippen LogP contribution in [0, 0.1) is 20.8 Å². The summed E-state index contributed by atoms with van der Waals surface area (Å²) in [6.07, 6.45) is 0. The van der Waals surface area contributed by atoms with Crippen molar-refractivity contribution < 1.29 is 14.4 Å². The fourth-order valence-corrected chi connectivity index (χ4v) is 3.02. The van der Waals surface area contributed by atoms with Crippen molar-refractivity contribution in [3.8, 4) is 0 Å². The summed E-state index contributed by atoms with van der Waals surface area (Å²) in [7, 11) is 0. The van der Waals surface area contributed by atoms with E-state index >= 15 is 0 Å². The van der Waals surface area contributed by atoms with Crippen LogP contribution in [0.25, 0.3) is 0 Å². The fraction of sp³-hybridized carbons (Fsp3) is 0.278. The molecule has 3 amide bonds. The highest BCUT2D eigenvalue weighted by Gasteiger charge is 2.11. The zero-order chi connectivity index (χ0) is 18.4. The Morgan fingerprint density at radius 1 is 0.880 bits per heavy atom. The quantitative estimate of drug-likeness (QED) is 0.739. The van der Waals surface area contributed by atoms with Crippen molar-refractivity contribution in [2.75, 3.05) is 18.4 Å². The van der Waals surface area contributed by atoms with Gasteiger partial charge in [0.2, 0.25) is 11.8 Å². The molecule has 1 aromatic carbocycles. The highest BCUT2D eigenvalue weighted by molar-refractivity contribution is 7.13. The molecule has 0 spiro atoms. The number of carbonyl (C=O) groups excluding carboxylic acids is 3. The molecule has 132 valence electrons. The lowest BCUT2D eigenvalue weighted by atomic mass is 10.1. The van der Waals surface area contributed by atoms with Crippen molar-refractivity contribution in [3.05, 3.63) is 51.2 Å². The van der Waals surface area contributed by atoms with Crippen LogP contribution in [0.1, 0.15) is 25.7 Å². The summed E-state index contributed by atoms with van der Waals surface area (Å²) in [6, 6.07) is 9.29. The number of anilines is 1. The lowest BCUT2D eigenvalue weighted by molar-refractivity contribution is -0.123. The summed E-state index contributed by atoms with van der Waals surface area (Å²) in [6.45, 7) is 5.39. The number of benzene rings is 1. The van der Waals surface area contributed by atoms with Crippen LogP contribution in [-0.4, -0.2) is 30.8 Å². The third-order valence-corrected chi connectivity index (χ3v) is 4.56. The Morgan fingerprint density at radius 3 is 2.12 bits per heavy atom. The summed E-state index contributed by atoms with van der Waals surface area (Å²) in [5.41, 5.74) is 2.67. The molecule has 1 aromatic heterocycles. The van der Waals surface area contributed by atoms with Crippen LogP contribution in [0.4, 0.5) is 5.69 Å². The molecule has 6 nitrogen and oxygen atoms in total. The lowest BCUT2D eigenvalue weighted by Crippen LogP contribution is -2.40. The molecular weight excluding hydrogens is 338 g/mol. The topological polar surface area (TPSA) is 87.3 Å². The van der Waals surface area contributed by atoms with Gasteiger partial charge in [0.15, 0.2) is 0 Å². The van der Waals surface area contributed by atoms with Gasteiger partial charge >= 0.3 is 0 Å². The van der Waals surface area contributed by atoms with E-state index in [1.54, 1.807) is 6.07 Å². The first-order valence-corrected chi connectivity index (χ1v) is 8.66. The molecule has 0 radical (unpaired) electrons. The van der Waals surface area contributed by atoms with Crippen LogP contribution in [0.3, 0.4) is 0 Å². The smallest absolute Gasteiger partial charge is 0.261 e. The predicted octanol–water partition coefficient (Wildman–Crippen LogP) is 2.16. The van der Waals surface area contributed by atoms with E-state index in [2.05, 4.69) is 16.0 Å². The normalized spacial score (nSPS) is 10.2. The number of para-hydroxylation sites is 1. The highest BCUT2D eigenvalue weighted by atomic mass is 32.1. The first-order chi connectivity index (χ1) is 11.9. The first kappa shape index (κ1) is 18.7. The Hall–Kier alpha value is -2.67. The lowest BCUT2D eigenvalue weighted by Gasteiger charge is -2.12. The molecule has 0 aliphatic rings. The minimum Gasteiger partial charge on any atom is -0.345 e. The highest BCUT2D eigenvalue weighted by Crippen LogP contribution is 2.19. The van der Waals surface area contributed by atoms with E-state index in [0.29, 0.717) is 4.88 Å². The number of carbonyl (C=O) groups is 3.